The number of halogens is 1. The van der Waals surface area contributed by atoms with Crippen LogP contribution in [0.15, 0.2) is 4.99 Å². The molecule has 0 unspecified atom stereocenters. The van der Waals surface area contributed by atoms with Gasteiger partial charge in [0.2, 0.25) is 0 Å². The second-order valence-corrected chi connectivity index (χ2v) is 5.57. The van der Waals surface area contributed by atoms with Gasteiger partial charge in [-0.2, -0.15) is 5.10 Å². The Morgan fingerprint density at radius 2 is 1.86 bits per heavy atom. The zero-order valence-corrected chi connectivity index (χ0v) is 16.7. The highest BCUT2D eigenvalue weighted by Crippen LogP contribution is 2.17. The first-order chi connectivity index (χ1) is 10.2. The Hall–Kier alpha value is -0.790. The first-order valence-electron chi connectivity index (χ1n) is 8.28. The van der Waals surface area contributed by atoms with Gasteiger partial charge in [0.05, 0.1) is 12.2 Å². The number of likely N-dealkylation sites (tertiary alicyclic amines) is 1. The van der Waals surface area contributed by atoms with Crippen LogP contribution < -0.4 is 5.32 Å². The Labute approximate surface area is 151 Å². The molecule has 1 fully saturated rings. The van der Waals surface area contributed by atoms with Crippen LogP contribution >= 0.6 is 24.0 Å². The Balaban J connectivity index is 0.00000242. The smallest absolute Gasteiger partial charge is 0.194 e. The van der Waals surface area contributed by atoms with E-state index < -0.39 is 0 Å². The summed E-state index contributed by atoms with van der Waals surface area (Å²) in [6.07, 6.45) is 4.53. The number of nitrogens with zero attached hydrogens (tertiary/aromatic N) is 4. The Kier molecular flexibility index (Phi) is 8.20. The van der Waals surface area contributed by atoms with Gasteiger partial charge in [-0.1, -0.05) is 13.8 Å². The lowest BCUT2D eigenvalue weighted by Crippen LogP contribution is -2.39. The molecule has 1 N–H and O–H groups in total. The first kappa shape index (κ1) is 19.3. The zero-order chi connectivity index (χ0) is 15.2. The second kappa shape index (κ2) is 9.37. The first-order valence-corrected chi connectivity index (χ1v) is 8.28. The Bertz CT molecular complexity index is 489. The van der Waals surface area contributed by atoms with Crippen molar-refractivity contribution in [2.24, 2.45) is 12.0 Å². The molecule has 1 saturated heterocycles. The van der Waals surface area contributed by atoms with Crippen LogP contribution in [0.1, 0.15) is 50.6 Å². The number of rotatable bonds is 5. The van der Waals surface area contributed by atoms with E-state index in [4.69, 9.17) is 4.99 Å². The fraction of sp³-hybridized carbons (Fsp3) is 0.750. The summed E-state index contributed by atoms with van der Waals surface area (Å²) < 4.78 is 2.02. The van der Waals surface area contributed by atoms with Crippen molar-refractivity contribution in [1.82, 2.24) is 20.0 Å². The van der Waals surface area contributed by atoms with E-state index in [1.807, 2.05) is 11.7 Å². The number of aromatic nitrogens is 2. The standard InChI is InChI=1S/C16H29N5.HI/c1-5-14-13(15(6-2)20(4)19-14)12-18-16(17-7-3)21-10-8-9-11-21;/h5-12H2,1-4H3,(H,17,18);1H. The number of nitrogens with one attached hydrogen (secondary N) is 1. The van der Waals surface area contributed by atoms with E-state index in [9.17, 15) is 0 Å². The molecule has 0 saturated carbocycles. The summed E-state index contributed by atoms with van der Waals surface area (Å²) in [5, 5.41) is 8.06. The predicted molar refractivity (Wildman–Crippen MR) is 103 cm³/mol. The molecule has 0 aromatic carbocycles. The summed E-state index contributed by atoms with van der Waals surface area (Å²) in [5.41, 5.74) is 3.82. The van der Waals surface area contributed by atoms with Crippen LogP contribution in [0.4, 0.5) is 0 Å². The average Bonchev–Trinajstić information content (AvgIpc) is 3.11. The molecule has 1 aliphatic heterocycles. The Morgan fingerprint density at radius 3 is 2.41 bits per heavy atom. The van der Waals surface area contributed by atoms with Gasteiger partial charge in [-0.15, -0.1) is 24.0 Å². The maximum absolute atomic E-state index is 4.87. The minimum atomic E-state index is 0. The van der Waals surface area contributed by atoms with Gasteiger partial charge in [0, 0.05) is 37.9 Å². The fourth-order valence-corrected chi connectivity index (χ4v) is 3.08. The monoisotopic (exact) mass is 419 g/mol. The van der Waals surface area contributed by atoms with Gasteiger partial charge in [-0.25, -0.2) is 4.99 Å². The van der Waals surface area contributed by atoms with E-state index in [-0.39, 0.29) is 24.0 Å². The van der Waals surface area contributed by atoms with Gasteiger partial charge in [0.1, 0.15) is 0 Å². The zero-order valence-electron chi connectivity index (χ0n) is 14.4. The van der Waals surface area contributed by atoms with Gasteiger partial charge in [0.25, 0.3) is 0 Å². The summed E-state index contributed by atoms with van der Waals surface area (Å²) in [6, 6.07) is 0. The minimum absolute atomic E-state index is 0. The topological polar surface area (TPSA) is 45.5 Å². The minimum Gasteiger partial charge on any atom is -0.357 e. The fourth-order valence-electron chi connectivity index (χ4n) is 3.08. The molecule has 6 heteroatoms. The third-order valence-electron chi connectivity index (χ3n) is 4.16. The molecule has 0 radical (unpaired) electrons. The van der Waals surface area contributed by atoms with E-state index in [1.54, 1.807) is 0 Å². The molecule has 0 amide bonds. The maximum Gasteiger partial charge on any atom is 0.194 e. The molecule has 1 aliphatic rings. The van der Waals surface area contributed by atoms with Crippen molar-refractivity contribution in [2.45, 2.75) is 53.0 Å². The van der Waals surface area contributed by atoms with Gasteiger partial charge >= 0.3 is 0 Å². The highest BCUT2D eigenvalue weighted by molar-refractivity contribution is 14.0. The van der Waals surface area contributed by atoms with Crippen molar-refractivity contribution in [1.29, 1.82) is 0 Å². The van der Waals surface area contributed by atoms with Crippen molar-refractivity contribution >= 4 is 29.9 Å². The summed E-state index contributed by atoms with van der Waals surface area (Å²) in [4.78, 5) is 7.25. The van der Waals surface area contributed by atoms with Gasteiger partial charge in [0.15, 0.2) is 5.96 Å². The third-order valence-corrected chi connectivity index (χ3v) is 4.16. The highest BCUT2D eigenvalue weighted by Gasteiger charge is 2.17. The van der Waals surface area contributed by atoms with Crippen molar-refractivity contribution in [2.75, 3.05) is 19.6 Å². The molecular weight excluding hydrogens is 389 g/mol. The lowest BCUT2D eigenvalue weighted by Gasteiger charge is -2.20. The van der Waals surface area contributed by atoms with Crippen LogP contribution in [0.3, 0.4) is 0 Å². The van der Waals surface area contributed by atoms with Crippen LogP contribution in [-0.2, 0) is 26.4 Å². The molecule has 0 atom stereocenters. The molecule has 0 aliphatic carbocycles. The number of hydrogen-bond acceptors (Lipinski definition) is 2. The Morgan fingerprint density at radius 1 is 1.18 bits per heavy atom. The molecule has 126 valence electrons. The normalized spacial score (nSPS) is 15.1. The molecule has 1 aromatic rings. The number of hydrogen-bond donors (Lipinski definition) is 1. The average molecular weight is 419 g/mol. The molecule has 2 rings (SSSR count). The number of aryl methyl sites for hydroxylation is 2. The SMILES string of the molecule is CCNC(=NCc1c(CC)nn(C)c1CC)N1CCCC1.I. The van der Waals surface area contributed by atoms with E-state index in [2.05, 4.69) is 36.1 Å². The quantitative estimate of drug-likeness (QED) is 0.454. The van der Waals surface area contributed by atoms with Gasteiger partial charge in [-0.05, 0) is 32.6 Å². The number of guanidine groups is 1. The lowest BCUT2D eigenvalue weighted by molar-refractivity contribution is 0.493. The van der Waals surface area contributed by atoms with E-state index in [0.29, 0.717) is 0 Å². The van der Waals surface area contributed by atoms with Crippen LogP contribution in [0.2, 0.25) is 0 Å². The molecule has 1 aromatic heterocycles. The highest BCUT2D eigenvalue weighted by atomic mass is 127. The van der Waals surface area contributed by atoms with Crippen molar-refractivity contribution < 1.29 is 0 Å². The van der Waals surface area contributed by atoms with Crippen molar-refractivity contribution in [3.05, 3.63) is 17.0 Å². The molecule has 0 bridgehead atoms. The third kappa shape index (κ3) is 4.36. The molecular formula is C16H30IN5. The molecule has 5 nitrogen and oxygen atoms in total. The maximum atomic E-state index is 4.87. The molecule has 22 heavy (non-hydrogen) atoms. The summed E-state index contributed by atoms with van der Waals surface area (Å²) in [6.45, 7) is 10.4. The van der Waals surface area contributed by atoms with Gasteiger partial charge < -0.3 is 10.2 Å². The van der Waals surface area contributed by atoms with E-state index in [1.165, 1.54) is 29.8 Å². The summed E-state index contributed by atoms with van der Waals surface area (Å²) in [5.74, 6) is 1.06. The van der Waals surface area contributed by atoms with Gasteiger partial charge in [-0.3, -0.25) is 4.68 Å². The van der Waals surface area contributed by atoms with Crippen LogP contribution in [0, 0.1) is 0 Å². The van der Waals surface area contributed by atoms with E-state index in [0.717, 1.165) is 45.0 Å². The lowest BCUT2D eigenvalue weighted by atomic mass is 10.1. The van der Waals surface area contributed by atoms with Crippen LogP contribution in [-0.4, -0.2) is 40.3 Å². The van der Waals surface area contributed by atoms with E-state index >= 15 is 0 Å². The van der Waals surface area contributed by atoms with Crippen LogP contribution in [0.5, 0.6) is 0 Å². The second-order valence-electron chi connectivity index (χ2n) is 5.57. The summed E-state index contributed by atoms with van der Waals surface area (Å²) >= 11 is 0. The summed E-state index contributed by atoms with van der Waals surface area (Å²) in [7, 11) is 2.04. The molecule has 0 spiro atoms. The van der Waals surface area contributed by atoms with Crippen LogP contribution in [0.25, 0.3) is 0 Å². The molecule has 2 heterocycles. The van der Waals surface area contributed by atoms with Crippen molar-refractivity contribution in [3.63, 3.8) is 0 Å². The predicted octanol–water partition coefficient (Wildman–Crippen LogP) is 2.72. The van der Waals surface area contributed by atoms with Crippen molar-refractivity contribution in [3.8, 4) is 0 Å². The number of aliphatic imine (C=N–C) groups is 1. The largest absolute Gasteiger partial charge is 0.357 e.